The molecule has 1 atom stereocenters. The van der Waals surface area contributed by atoms with Crippen molar-refractivity contribution in [3.63, 3.8) is 0 Å². The number of rotatable bonds is 5. The molecule has 2 heterocycles. The summed E-state index contributed by atoms with van der Waals surface area (Å²) in [6.45, 7) is 5.77. The monoisotopic (exact) mass is 344 g/mol. The third-order valence-electron chi connectivity index (χ3n) is 5.79. The maximum absolute atomic E-state index is 5.27. The van der Waals surface area contributed by atoms with Crippen LogP contribution >= 0.6 is 0 Å². The quantitative estimate of drug-likeness (QED) is 0.519. The lowest BCUT2D eigenvalue weighted by atomic mass is 9.78. The van der Waals surface area contributed by atoms with Gasteiger partial charge in [0.1, 0.15) is 5.82 Å². The molecule has 1 aromatic heterocycles. The summed E-state index contributed by atoms with van der Waals surface area (Å²) in [5, 5.41) is 0. The molecule has 0 spiro atoms. The molecule has 3 aromatic rings. The average molecular weight is 345 g/mol. The Labute approximate surface area is 156 Å². The van der Waals surface area contributed by atoms with E-state index in [1.54, 1.807) is 0 Å². The molecule has 0 aliphatic carbocycles. The van der Waals surface area contributed by atoms with Gasteiger partial charge in [0.05, 0.1) is 11.4 Å². The fourth-order valence-electron chi connectivity index (χ4n) is 4.36. The molecule has 0 unspecified atom stereocenters. The SMILES string of the molecule is CCCC[C@]1(C)CCCn2c1nc(-c1ccccc1)c2-c1ccccc1. The first kappa shape index (κ1) is 17.1. The zero-order valence-electron chi connectivity index (χ0n) is 15.9. The number of fused-ring (bicyclic) bond motifs is 1. The third kappa shape index (κ3) is 2.98. The van der Waals surface area contributed by atoms with Crippen LogP contribution in [0.4, 0.5) is 0 Å². The van der Waals surface area contributed by atoms with Gasteiger partial charge >= 0.3 is 0 Å². The molecular formula is C24H28N2. The van der Waals surface area contributed by atoms with Crippen molar-refractivity contribution in [3.05, 3.63) is 66.5 Å². The molecule has 0 fully saturated rings. The number of hydrogen-bond acceptors (Lipinski definition) is 1. The minimum absolute atomic E-state index is 0.185. The van der Waals surface area contributed by atoms with Gasteiger partial charge in [-0.1, -0.05) is 87.4 Å². The van der Waals surface area contributed by atoms with E-state index in [1.807, 2.05) is 0 Å². The normalized spacial score (nSPS) is 19.3. The van der Waals surface area contributed by atoms with Crippen LogP contribution in [0.3, 0.4) is 0 Å². The number of hydrogen-bond donors (Lipinski definition) is 0. The van der Waals surface area contributed by atoms with Crippen LogP contribution in [0.1, 0.15) is 51.8 Å². The highest BCUT2D eigenvalue weighted by Crippen LogP contribution is 2.43. The van der Waals surface area contributed by atoms with Crippen LogP contribution in [-0.2, 0) is 12.0 Å². The summed E-state index contributed by atoms with van der Waals surface area (Å²) >= 11 is 0. The molecule has 0 N–H and O–H groups in total. The molecule has 26 heavy (non-hydrogen) atoms. The summed E-state index contributed by atoms with van der Waals surface area (Å²) in [6, 6.07) is 21.4. The van der Waals surface area contributed by atoms with Crippen molar-refractivity contribution in [1.82, 2.24) is 9.55 Å². The number of nitrogens with zero attached hydrogens (tertiary/aromatic N) is 2. The van der Waals surface area contributed by atoms with Crippen LogP contribution in [0, 0.1) is 0 Å². The largest absolute Gasteiger partial charge is 0.327 e. The molecule has 1 aliphatic rings. The summed E-state index contributed by atoms with van der Waals surface area (Å²) in [6.07, 6.45) is 6.21. The van der Waals surface area contributed by atoms with E-state index >= 15 is 0 Å². The Morgan fingerprint density at radius 3 is 2.27 bits per heavy atom. The molecule has 1 aliphatic heterocycles. The van der Waals surface area contributed by atoms with Gasteiger partial charge in [-0.25, -0.2) is 4.98 Å². The molecule has 0 saturated heterocycles. The van der Waals surface area contributed by atoms with Crippen LogP contribution in [0.15, 0.2) is 60.7 Å². The average Bonchev–Trinajstić information content (AvgIpc) is 3.09. The molecule has 0 amide bonds. The Morgan fingerprint density at radius 2 is 1.62 bits per heavy atom. The van der Waals surface area contributed by atoms with E-state index in [0.717, 1.165) is 12.2 Å². The number of unbranched alkanes of at least 4 members (excludes halogenated alkanes) is 1. The second kappa shape index (κ2) is 7.11. The van der Waals surface area contributed by atoms with Gasteiger partial charge in [-0.15, -0.1) is 0 Å². The predicted molar refractivity (Wildman–Crippen MR) is 109 cm³/mol. The summed E-state index contributed by atoms with van der Waals surface area (Å²) < 4.78 is 2.51. The predicted octanol–water partition coefficient (Wildman–Crippen LogP) is 6.46. The van der Waals surface area contributed by atoms with Crippen molar-refractivity contribution < 1.29 is 0 Å². The molecule has 2 nitrogen and oxygen atoms in total. The van der Waals surface area contributed by atoms with E-state index in [2.05, 4.69) is 79.1 Å². The van der Waals surface area contributed by atoms with Gasteiger partial charge in [0.15, 0.2) is 0 Å². The minimum Gasteiger partial charge on any atom is -0.327 e. The fraction of sp³-hybridized carbons (Fsp3) is 0.375. The lowest BCUT2D eigenvalue weighted by Gasteiger charge is -2.34. The smallest absolute Gasteiger partial charge is 0.115 e. The Morgan fingerprint density at radius 1 is 0.962 bits per heavy atom. The van der Waals surface area contributed by atoms with Gasteiger partial charge < -0.3 is 4.57 Å². The maximum Gasteiger partial charge on any atom is 0.115 e. The van der Waals surface area contributed by atoms with Crippen LogP contribution in [0.2, 0.25) is 0 Å². The van der Waals surface area contributed by atoms with Gasteiger partial charge in [-0.05, 0) is 19.3 Å². The van der Waals surface area contributed by atoms with Crippen molar-refractivity contribution in [2.75, 3.05) is 0 Å². The van der Waals surface area contributed by atoms with E-state index in [0.29, 0.717) is 0 Å². The first-order valence-corrected chi connectivity index (χ1v) is 9.95. The molecule has 0 saturated carbocycles. The summed E-state index contributed by atoms with van der Waals surface area (Å²) in [5.41, 5.74) is 5.09. The Bertz CT molecular complexity index is 864. The van der Waals surface area contributed by atoms with E-state index in [4.69, 9.17) is 4.98 Å². The first-order chi connectivity index (χ1) is 12.7. The van der Waals surface area contributed by atoms with E-state index < -0.39 is 0 Å². The second-order valence-corrected chi connectivity index (χ2v) is 7.78. The molecule has 2 heteroatoms. The first-order valence-electron chi connectivity index (χ1n) is 9.95. The lowest BCUT2D eigenvalue weighted by molar-refractivity contribution is 0.299. The number of benzene rings is 2. The van der Waals surface area contributed by atoms with Gasteiger partial charge in [-0.2, -0.15) is 0 Å². The zero-order chi connectivity index (χ0) is 18.0. The highest BCUT2D eigenvalue weighted by molar-refractivity contribution is 5.79. The summed E-state index contributed by atoms with van der Waals surface area (Å²) in [5.74, 6) is 1.29. The van der Waals surface area contributed by atoms with Crippen LogP contribution < -0.4 is 0 Å². The van der Waals surface area contributed by atoms with Gasteiger partial charge in [0, 0.05) is 23.1 Å². The van der Waals surface area contributed by atoms with Gasteiger partial charge in [0.2, 0.25) is 0 Å². The molecule has 4 rings (SSSR count). The maximum atomic E-state index is 5.27. The molecular weight excluding hydrogens is 316 g/mol. The minimum atomic E-state index is 0.185. The molecule has 0 radical (unpaired) electrons. The highest BCUT2D eigenvalue weighted by atomic mass is 15.1. The van der Waals surface area contributed by atoms with Crippen molar-refractivity contribution in [2.24, 2.45) is 0 Å². The van der Waals surface area contributed by atoms with Crippen molar-refractivity contribution in [1.29, 1.82) is 0 Å². The summed E-state index contributed by atoms with van der Waals surface area (Å²) in [4.78, 5) is 5.27. The second-order valence-electron chi connectivity index (χ2n) is 7.78. The molecule has 134 valence electrons. The lowest BCUT2D eigenvalue weighted by Crippen LogP contribution is -2.31. The standard InChI is InChI=1S/C24H28N2/c1-3-4-16-24(2)17-11-18-26-22(20-14-9-6-10-15-20)21(25-23(24)26)19-12-7-5-8-13-19/h5-10,12-15H,3-4,11,16-18H2,1-2H3/t24-/m1/s1. The van der Waals surface area contributed by atoms with E-state index in [1.165, 1.54) is 54.7 Å². The van der Waals surface area contributed by atoms with Crippen LogP contribution in [0.25, 0.3) is 22.5 Å². The van der Waals surface area contributed by atoms with E-state index in [9.17, 15) is 0 Å². The van der Waals surface area contributed by atoms with Gasteiger partial charge in [0.25, 0.3) is 0 Å². The fourth-order valence-corrected chi connectivity index (χ4v) is 4.36. The Balaban J connectivity index is 1.92. The van der Waals surface area contributed by atoms with Crippen LogP contribution in [0.5, 0.6) is 0 Å². The van der Waals surface area contributed by atoms with Crippen molar-refractivity contribution in [2.45, 2.75) is 57.9 Å². The molecule has 0 bridgehead atoms. The third-order valence-corrected chi connectivity index (χ3v) is 5.79. The van der Waals surface area contributed by atoms with Crippen molar-refractivity contribution >= 4 is 0 Å². The topological polar surface area (TPSA) is 17.8 Å². The zero-order valence-corrected chi connectivity index (χ0v) is 15.9. The summed E-state index contributed by atoms with van der Waals surface area (Å²) in [7, 11) is 0. The Kier molecular flexibility index (Phi) is 4.67. The molecule has 2 aromatic carbocycles. The number of aromatic nitrogens is 2. The van der Waals surface area contributed by atoms with Gasteiger partial charge in [-0.3, -0.25) is 0 Å². The number of imidazole rings is 1. The van der Waals surface area contributed by atoms with Crippen LogP contribution in [-0.4, -0.2) is 9.55 Å². The Hall–Kier alpha value is -2.35. The van der Waals surface area contributed by atoms with Crippen molar-refractivity contribution in [3.8, 4) is 22.5 Å². The van der Waals surface area contributed by atoms with E-state index in [-0.39, 0.29) is 5.41 Å². The highest BCUT2D eigenvalue weighted by Gasteiger charge is 2.36.